The molecule has 132 valence electrons. The van der Waals surface area contributed by atoms with Crippen LogP contribution in [0.1, 0.15) is 0 Å². The molecule has 1 aliphatic rings. The number of benzene rings is 2. The minimum Gasteiger partial charge on any atom is -0.483 e. The summed E-state index contributed by atoms with van der Waals surface area (Å²) in [6.45, 7) is 3.13. The van der Waals surface area contributed by atoms with Crippen LogP contribution in [0, 0.1) is 0 Å². The molecule has 0 aliphatic carbocycles. The molecule has 3 aromatic rings. The first kappa shape index (κ1) is 16.4. The first-order valence-electron chi connectivity index (χ1n) is 8.91. The van der Waals surface area contributed by atoms with Crippen LogP contribution in [0.25, 0.3) is 10.8 Å². The summed E-state index contributed by atoms with van der Waals surface area (Å²) in [7, 11) is 0. The smallest absolute Gasteiger partial charge is 0.274 e. The Balaban J connectivity index is 1.34. The number of nitrogens with one attached hydrogen (secondary N) is 1. The Hall–Kier alpha value is -3.08. The van der Waals surface area contributed by atoms with Gasteiger partial charge in [0, 0.05) is 11.5 Å². The van der Waals surface area contributed by atoms with Crippen molar-refractivity contribution in [1.82, 2.24) is 4.90 Å². The van der Waals surface area contributed by atoms with Crippen LogP contribution in [-0.4, -0.2) is 43.6 Å². The average Bonchev–Trinajstić information content (AvgIpc) is 2.73. The Morgan fingerprint density at radius 2 is 1.69 bits per heavy atom. The molecule has 0 atom stereocenters. The van der Waals surface area contributed by atoms with Gasteiger partial charge in [-0.15, -0.1) is 0 Å². The zero-order valence-corrected chi connectivity index (χ0v) is 14.6. The SMILES string of the molecule is O=C(COc1cccc2ccccc12)N1CCN(c2cccc[nH+]2)CC1. The third-order valence-corrected chi connectivity index (χ3v) is 4.77. The second kappa shape index (κ2) is 7.44. The molecule has 1 fully saturated rings. The number of anilines is 1. The zero-order chi connectivity index (χ0) is 17.8. The number of pyridine rings is 1. The number of hydrogen-bond donors (Lipinski definition) is 0. The van der Waals surface area contributed by atoms with Crippen molar-refractivity contribution < 1.29 is 14.5 Å². The predicted octanol–water partition coefficient (Wildman–Crippen LogP) is 2.38. The number of aromatic amines is 1. The van der Waals surface area contributed by atoms with Gasteiger partial charge in [0.25, 0.3) is 11.7 Å². The molecular weight excluding hydrogens is 326 g/mol. The van der Waals surface area contributed by atoms with Crippen LogP contribution in [0.15, 0.2) is 66.9 Å². The van der Waals surface area contributed by atoms with Crippen LogP contribution in [0.2, 0.25) is 0 Å². The minimum atomic E-state index is 0.0367. The maximum absolute atomic E-state index is 12.5. The monoisotopic (exact) mass is 348 g/mol. The normalized spacial score (nSPS) is 14.5. The Labute approximate surface area is 152 Å². The number of hydrogen-bond acceptors (Lipinski definition) is 3. The van der Waals surface area contributed by atoms with Gasteiger partial charge in [0.15, 0.2) is 6.61 Å². The van der Waals surface area contributed by atoms with Crippen molar-refractivity contribution in [3.8, 4) is 5.75 Å². The highest BCUT2D eigenvalue weighted by atomic mass is 16.5. The lowest BCUT2D eigenvalue weighted by molar-refractivity contribution is -0.364. The molecule has 0 bridgehead atoms. The van der Waals surface area contributed by atoms with Gasteiger partial charge in [0.2, 0.25) is 0 Å². The van der Waals surface area contributed by atoms with Crippen molar-refractivity contribution in [2.45, 2.75) is 0 Å². The van der Waals surface area contributed by atoms with Crippen molar-refractivity contribution in [3.05, 3.63) is 66.9 Å². The molecule has 1 aromatic heterocycles. The summed E-state index contributed by atoms with van der Waals surface area (Å²) < 4.78 is 5.83. The van der Waals surface area contributed by atoms with Gasteiger partial charge in [-0.1, -0.05) is 42.5 Å². The van der Waals surface area contributed by atoms with Gasteiger partial charge in [0.05, 0.1) is 19.3 Å². The van der Waals surface area contributed by atoms with E-state index >= 15 is 0 Å². The van der Waals surface area contributed by atoms with Gasteiger partial charge >= 0.3 is 0 Å². The fourth-order valence-electron chi connectivity index (χ4n) is 3.33. The van der Waals surface area contributed by atoms with Crippen molar-refractivity contribution in [2.75, 3.05) is 37.7 Å². The maximum atomic E-state index is 12.5. The van der Waals surface area contributed by atoms with E-state index in [4.69, 9.17) is 4.74 Å². The molecule has 26 heavy (non-hydrogen) atoms. The van der Waals surface area contributed by atoms with E-state index in [1.807, 2.05) is 65.7 Å². The van der Waals surface area contributed by atoms with Gasteiger partial charge in [0.1, 0.15) is 18.8 Å². The zero-order valence-electron chi connectivity index (χ0n) is 14.6. The first-order valence-corrected chi connectivity index (χ1v) is 8.91. The molecule has 0 radical (unpaired) electrons. The molecule has 0 saturated carbocycles. The molecule has 1 aliphatic heterocycles. The highest BCUT2D eigenvalue weighted by molar-refractivity contribution is 5.88. The number of aromatic nitrogens is 1. The van der Waals surface area contributed by atoms with E-state index in [2.05, 4.69) is 16.0 Å². The number of H-pyrrole nitrogens is 1. The second-order valence-corrected chi connectivity index (χ2v) is 6.38. The minimum absolute atomic E-state index is 0.0367. The van der Waals surface area contributed by atoms with Crippen LogP contribution in [0.3, 0.4) is 0 Å². The lowest BCUT2D eigenvalue weighted by Gasteiger charge is -2.30. The number of piperazine rings is 1. The van der Waals surface area contributed by atoms with Gasteiger partial charge in [-0.2, -0.15) is 0 Å². The number of carbonyl (C=O) groups excluding carboxylic acids is 1. The fraction of sp³-hybridized carbons (Fsp3) is 0.238. The molecule has 5 nitrogen and oxygen atoms in total. The lowest BCUT2D eigenvalue weighted by Crippen LogP contribution is -2.51. The number of amides is 1. The first-order chi connectivity index (χ1) is 12.8. The van der Waals surface area contributed by atoms with Gasteiger partial charge in [-0.05, 0) is 17.5 Å². The van der Waals surface area contributed by atoms with Gasteiger partial charge in [-0.3, -0.25) is 9.69 Å². The molecule has 2 heterocycles. The van der Waals surface area contributed by atoms with Crippen LogP contribution in [0.5, 0.6) is 5.75 Å². The molecule has 1 N–H and O–H groups in total. The van der Waals surface area contributed by atoms with Gasteiger partial charge < -0.3 is 9.64 Å². The highest BCUT2D eigenvalue weighted by Gasteiger charge is 2.26. The molecule has 0 spiro atoms. The summed E-state index contributed by atoms with van der Waals surface area (Å²) >= 11 is 0. The fourth-order valence-corrected chi connectivity index (χ4v) is 3.33. The summed E-state index contributed by atoms with van der Waals surface area (Å²) in [6, 6.07) is 20.0. The molecule has 1 saturated heterocycles. The molecule has 2 aromatic carbocycles. The van der Waals surface area contributed by atoms with Crippen molar-refractivity contribution in [2.24, 2.45) is 0 Å². The van der Waals surface area contributed by atoms with E-state index in [0.29, 0.717) is 13.1 Å². The molecular formula is C21H22N3O2+. The quantitative estimate of drug-likeness (QED) is 0.727. The lowest BCUT2D eigenvalue weighted by atomic mass is 10.1. The van der Waals surface area contributed by atoms with Crippen LogP contribution in [-0.2, 0) is 4.79 Å². The van der Waals surface area contributed by atoms with E-state index in [9.17, 15) is 4.79 Å². The van der Waals surface area contributed by atoms with E-state index in [-0.39, 0.29) is 12.5 Å². The van der Waals surface area contributed by atoms with Crippen LogP contribution < -0.4 is 14.6 Å². The summed E-state index contributed by atoms with van der Waals surface area (Å²) in [4.78, 5) is 19.9. The highest BCUT2D eigenvalue weighted by Crippen LogP contribution is 2.25. The summed E-state index contributed by atoms with van der Waals surface area (Å²) in [5.41, 5.74) is 0. The third-order valence-electron chi connectivity index (χ3n) is 4.77. The number of fused-ring (bicyclic) bond motifs is 1. The number of carbonyl (C=O) groups is 1. The largest absolute Gasteiger partial charge is 0.483 e. The van der Waals surface area contributed by atoms with Crippen molar-refractivity contribution in [1.29, 1.82) is 0 Å². The number of ether oxygens (including phenoxy) is 1. The average molecular weight is 348 g/mol. The Morgan fingerprint density at radius 1 is 0.923 bits per heavy atom. The van der Waals surface area contributed by atoms with E-state index in [1.54, 1.807) is 0 Å². The maximum Gasteiger partial charge on any atom is 0.274 e. The van der Waals surface area contributed by atoms with E-state index < -0.39 is 0 Å². The standard InChI is InChI=1S/C21H21N3O2/c25-21(16-26-19-9-5-7-17-6-1-2-8-18(17)19)24-14-12-23(13-15-24)20-10-3-4-11-22-20/h1-11H,12-16H2/p+1. The predicted molar refractivity (Wildman–Crippen MR) is 101 cm³/mol. The third kappa shape index (κ3) is 3.47. The Kier molecular flexibility index (Phi) is 4.69. The summed E-state index contributed by atoms with van der Waals surface area (Å²) in [5, 5.41) is 2.15. The van der Waals surface area contributed by atoms with Crippen molar-refractivity contribution in [3.63, 3.8) is 0 Å². The second-order valence-electron chi connectivity index (χ2n) is 6.38. The molecule has 4 rings (SSSR count). The summed E-state index contributed by atoms with van der Waals surface area (Å²) in [6.07, 6.45) is 1.92. The Morgan fingerprint density at radius 3 is 2.50 bits per heavy atom. The number of rotatable bonds is 4. The van der Waals surface area contributed by atoms with Gasteiger partial charge in [-0.25, -0.2) is 4.98 Å². The van der Waals surface area contributed by atoms with E-state index in [0.717, 1.165) is 35.4 Å². The van der Waals surface area contributed by atoms with Crippen LogP contribution >= 0.6 is 0 Å². The van der Waals surface area contributed by atoms with Crippen LogP contribution in [0.4, 0.5) is 5.82 Å². The number of nitrogens with zero attached hydrogens (tertiary/aromatic N) is 2. The van der Waals surface area contributed by atoms with E-state index in [1.165, 1.54) is 0 Å². The van der Waals surface area contributed by atoms with Crippen molar-refractivity contribution >= 4 is 22.5 Å². The topological polar surface area (TPSA) is 46.9 Å². The summed E-state index contributed by atoms with van der Waals surface area (Å²) in [5.74, 6) is 1.88. The Bertz CT molecular complexity index is 885. The molecule has 5 heteroatoms. The molecule has 0 unspecified atom stereocenters. The molecule has 1 amide bonds.